The molecule has 0 aliphatic carbocycles. The van der Waals surface area contributed by atoms with Crippen LogP contribution in [0.25, 0.3) is 11.0 Å². The van der Waals surface area contributed by atoms with Gasteiger partial charge in [0.25, 0.3) is 5.91 Å². The van der Waals surface area contributed by atoms with Gasteiger partial charge in [-0.1, -0.05) is 23.2 Å². The number of hydrogen-bond donors (Lipinski definition) is 3. The zero-order valence-electron chi connectivity index (χ0n) is 20.6. The molecule has 0 radical (unpaired) electrons. The van der Waals surface area contributed by atoms with Crippen molar-refractivity contribution in [2.75, 3.05) is 34.8 Å². The Morgan fingerprint density at radius 1 is 1.18 bits per heavy atom. The highest BCUT2D eigenvalue weighted by molar-refractivity contribution is 6.33. The zero-order chi connectivity index (χ0) is 27.9. The van der Waals surface area contributed by atoms with Gasteiger partial charge in [-0.2, -0.15) is 13.2 Å². The summed E-state index contributed by atoms with van der Waals surface area (Å²) in [5, 5.41) is 12.7. The fourth-order valence-corrected chi connectivity index (χ4v) is 4.98. The fraction of sp³-hybridized carbons (Fsp3) is 0.269. The largest absolute Gasteiger partial charge is 0.416 e. The first-order valence-corrected chi connectivity index (χ1v) is 12.7. The Hall–Kier alpha value is -3.54. The summed E-state index contributed by atoms with van der Waals surface area (Å²) in [5.74, 6) is 0.385. The fourth-order valence-electron chi connectivity index (χ4n) is 4.55. The highest BCUT2D eigenvalue weighted by Gasteiger charge is 2.33. The Bertz CT molecular complexity index is 1530. The van der Waals surface area contributed by atoms with Gasteiger partial charge in [0.05, 0.1) is 28.4 Å². The monoisotopic (exact) mass is 578 g/mol. The number of amides is 1. The van der Waals surface area contributed by atoms with Gasteiger partial charge in [0.1, 0.15) is 11.3 Å². The zero-order valence-corrected chi connectivity index (χ0v) is 22.1. The molecule has 0 bridgehead atoms. The van der Waals surface area contributed by atoms with Crippen molar-refractivity contribution in [3.63, 3.8) is 0 Å². The average molecular weight is 579 g/mol. The van der Waals surface area contributed by atoms with Gasteiger partial charge in [0.2, 0.25) is 5.95 Å². The molecule has 2 aromatic heterocycles. The number of nitrogens with zero attached hydrogens (tertiary/aromatic N) is 4. The Balaban J connectivity index is 1.44. The number of aliphatic hydroxyl groups is 1. The second-order valence-electron chi connectivity index (χ2n) is 9.23. The summed E-state index contributed by atoms with van der Waals surface area (Å²) in [6, 6.07) is 9.44. The molecule has 2 aromatic carbocycles. The molecule has 1 atom stereocenters. The van der Waals surface area contributed by atoms with E-state index in [9.17, 15) is 23.1 Å². The lowest BCUT2D eigenvalue weighted by molar-refractivity contribution is -0.137. The van der Waals surface area contributed by atoms with E-state index in [1.807, 2.05) is 16.7 Å². The minimum Gasteiger partial charge on any atom is -0.392 e. The van der Waals surface area contributed by atoms with Crippen molar-refractivity contribution in [3.8, 4) is 0 Å². The number of piperazine rings is 1. The molecule has 0 unspecified atom stereocenters. The van der Waals surface area contributed by atoms with Crippen molar-refractivity contribution in [3.05, 3.63) is 75.4 Å². The number of carbonyl (C=O) groups excluding carboxylic acids is 1. The lowest BCUT2D eigenvalue weighted by atomic mass is 10.1. The van der Waals surface area contributed by atoms with Gasteiger partial charge in [-0.25, -0.2) is 9.97 Å². The normalized spacial score (nSPS) is 16.1. The van der Waals surface area contributed by atoms with Crippen LogP contribution in [-0.2, 0) is 12.8 Å². The number of H-pyrrole nitrogens is 1. The van der Waals surface area contributed by atoms with E-state index in [-0.39, 0.29) is 34.9 Å². The molecule has 3 heterocycles. The van der Waals surface area contributed by atoms with Crippen molar-refractivity contribution < 1.29 is 23.1 Å². The van der Waals surface area contributed by atoms with Gasteiger partial charge in [0.15, 0.2) is 0 Å². The molecule has 1 aliphatic rings. The number of alkyl halides is 3. The Kier molecular flexibility index (Phi) is 7.32. The van der Waals surface area contributed by atoms with E-state index in [2.05, 4.69) is 20.3 Å². The van der Waals surface area contributed by atoms with Crippen LogP contribution in [0.1, 0.15) is 28.4 Å². The third kappa shape index (κ3) is 5.61. The van der Waals surface area contributed by atoms with E-state index < -0.39 is 17.6 Å². The summed E-state index contributed by atoms with van der Waals surface area (Å²) in [7, 11) is 0. The molecule has 8 nitrogen and oxygen atoms in total. The molecule has 1 fully saturated rings. The van der Waals surface area contributed by atoms with Crippen LogP contribution < -0.4 is 15.1 Å². The first-order valence-electron chi connectivity index (χ1n) is 12.0. The van der Waals surface area contributed by atoms with Crippen LogP contribution in [0.15, 0.2) is 48.7 Å². The van der Waals surface area contributed by atoms with E-state index in [1.165, 1.54) is 24.3 Å². The van der Waals surface area contributed by atoms with Crippen molar-refractivity contribution in [2.24, 2.45) is 0 Å². The van der Waals surface area contributed by atoms with Gasteiger partial charge < -0.3 is 25.2 Å². The second kappa shape index (κ2) is 10.6. The SMILES string of the molecule is C[C@@H]1CN(c2ncc(CO)cc2Cl)CCN1c1nc2c(NC(=O)c3ccc(Cl)cc3)cc(C(F)(F)F)cc2[nH]1. The molecular weight excluding hydrogens is 556 g/mol. The van der Waals surface area contributed by atoms with Crippen LogP contribution in [0.3, 0.4) is 0 Å². The molecule has 3 N–H and O–H groups in total. The van der Waals surface area contributed by atoms with Crippen molar-refractivity contribution in [1.29, 1.82) is 0 Å². The number of aromatic amines is 1. The van der Waals surface area contributed by atoms with Gasteiger partial charge in [-0.15, -0.1) is 0 Å². The number of benzene rings is 2. The van der Waals surface area contributed by atoms with Crippen LogP contribution in [-0.4, -0.2) is 51.6 Å². The summed E-state index contributed by atoms with van der Waals surface area (Å²) in [6.07, 6.45) is -3.06. The molecule has 1 amide bonds. The summed E-state index contributed by atoms with van der Waals surface area (Å²) >= 11 is 12.3. The molecule has 1 aliphatic heterocycles. The summed E-state index contributed by atoms with van der Waals surface area (Å²) in [4.78, 5) is 28.7. The number of nitrogens with one attached hydrogen (secondary N) is 2. The van der Waals surface area contributed by atoms with E-state index in [0.29, 0.717) is 47.0 Å². The van der Waals surface area contributed by atoms with Gasteiger partial charge in [0, 0.05) is 42.5 Å². The van der Waals surface area contributed by atoms with Gasteiger partial charge in [-0.3, -0.25) is 4.79 Å². The van der Waals surface area contributed by atoms with Crippen LogP contribution >= 0.6 is 23.2 Å². The lowest BCUT2D eigenvalue weighted by Gasteiger charge is -2.40. The van der Waals surface area contributed by atoms with Gasteiger partial charge >= 0.3 is 6.18 Å². The predicted octanol–water partition coefficient (Wildman–Crippen LogP) is 5.74. The van der Waals surface area contributed by atoms with E-state index in [0.717, 1.165) is 12.1 Å². The minimum atomic E-state index is -4.63. The summed E-state index contributed by atoms with van der Waals surface area (Å²) in [6.45, 7) is 3.33. The number of carbonyl (C=O) groups is 1. The number of aromatic nitrogens is 3. The number of halogens is 5. The number of rotatable bonds is 5. The maximum Gasteiger partial charge on any atom is 0.416 e. The molecule has 13 heteroatoms. The number of hydrogen-bond acceptors (Lipinski definition) is 6. The molecule has 1 saturated heterocycles. The number of aliphatic hydroxyl groups excluding tert-OH is 1. The third-order valence-electron chi connectivity index (χ3n) is 6.52. The van der Waals surface area contributed by atoms with Crippen LogP contribution in [0.5, 0.6) is 0 Å². The number of fused-ring (bicyclic) bond motifs is 1. The Morgan fingerprint density at radius 3 is 2.56 bits per heavy atom. The van der Waals surface area contributed by atoms with Crippen LogP contribution in [0, 0.1) is 0 Å². The third-order valence-corrected chi connectivity index (χ3v) is 7.05. The van der Waals surface area contributed by atoms with E-state index in [4.69, 9.17) is 23.2 Å². The van der Waals surface area contributed by atoms with Crippen molar-refractivity contribution >= 4 is 57.6 Å². The molecule has 39 heavy (non-hydrogen) atoms. The number of imidazole rings is 1. The Morgan fingerprint density at radius 2 is 1.92 bits per heavy atom. The average Bonchev–Trinajstić information content (AvgIpc) is 3.32. The standard InChI is InChI=1S/C26H23Cl2F3N6O2/c1-14-12-36(23-19(28)8-15(13-38)11-32-23)6-7-37(14)25-34-21-10-17(26(29,30)31)9-20(22(21)35-25)33-24(39)16-2-4-18(27)5-3-16/h2-5,8-11,14,38H,6-7,12-13H2,1H3,(H,33,39)(H,34,35)/t14-/m1/s1. The quantitative estimate of drug-likeness (QED) is 0.279. The van der Waals surface area contributed by atoms with Crippen LogP contribution in [0.4, 0.5) is 30.6 Å². The highest BCUT2D eigenvalue weighted by Crippen LogP contribution is 2.36. The molecule has 4 aromatic rings. The molecule has 5 rings (SSSR count). The summed E-state index contributed by atoms with van der Waals surface area (Å²) < 4.78 is 41.1. The van der Waals surface area contributed by atoms with Crippen molar-refractivity contribution in [2.45, 2.75) is 25.7 Å². The number of pyridine rings is 1. The molecule has 0 saturated carbocycles. The second-order valence-corrected chi connectivity index (χ2v) is 10.1. The minimum absolute atomic E-state index is 0.0616. The molecular formula is C26H23Cl2F3N6O2. The summed E-state index contributed by atoms with van der Waals surface area (Å²) in [5.41, 5.74) is 0.221. The van der Waals surface area contributed by atoms with E-state index >= 15 is 0 Å². The topological polar surface area (TPSA) is 97.4 Å². The maximum absolute atomic E-state index is 13.7. The first-order chi connectivity index (χ1) is 18.5. The van der Waals surface area contributed by atoms with Crippen molar-refractivity contribution in [1.82, 2.24) is 15.0 Å². The lowest BCUT2D eigenvalue weighted by Crippen LogP contribution is -2.52. The maximum atomic E-state index is 13.7. The number of anilines is 3. The smallest absolute Gasteiger partial charge is 0.392 e. The van der Waals surface area contributed by atoms with Gasteiger partial charge in [-0.05, 0) is 55.0 Å². The Labute approximate surface area is 231 Å². The van der Waals surface area contributed by atoms with E-state index in [1.54, 1.807) is 12.3 Å². The predicted molar refractivity (Wildman–Crippen MR) is 145 cm³/mol. The first kappa shape index (κ1) is 27.0. The molecule has 0 spiro atoms. The highest BCUT2D eigenvalue weighted by atomic mass is 35.5. The van der Waals surface area contributed by atoms with Crippen LogP contribution in [0.2, 0.25) is 10.0 Å². The molecule has 204 valence electrons.